The molecule has 0 saturated heterocycles. The van der Waals surface area contributed by atoms with Crippen molar-refractivity contribution in [3.05, 3.63) is 0 Å². The average molecular weight is 131 g/mol. The summed E-state index contributed by atoms with van der Waals surface area (Å²) in [5, 5.41) is 2.62. The molecule has 0 aromatic heterocycles. The van der Waals surface area contributed by atoms with Crippen LogP contribution >= 0.6 is 24.8 Å². The van der Waals surface area contributed by atoms with Crippen LogP contribution < -0.4 is 34.9 Å². The molecule has 0 unspecified atom stereocenters. The van der Waals surface area contributed by atoms with Gasteiger partial charge in [-0.25, -0.2) is 0 Å². The molecule has 0 fully saturated rings. The van der Waals surface area contributed by atoms with Crippen molar-refractivity contribution in [1.82, 2.24) is 5.32 Å². The molecule has 0 rings (SSSR count). The van der Waals surface area contributed by atoms with E-state index in [0.717, 1.165) is 0 Å². The summed E-state index contributed by atoms with van der Waals surface area (Å²) >= 11 is 8.17. The van der Waals surface area contributed by atoms with Gasteiger partial charge in [0, 0.05) is 7.05 Å². The summed E-state index contributed by atoms with van der Waals surface area (Å²) in [6, 6.07) is 0. The molecule has 4 heteroatoms. The third-order valence-corrected chi connectivity index (χ3v) is 0.642. The monoisotopic (exact) mass is 131 g/mol. The van der Waals surface area contributed by atoms with Gasteiger partial charge < -0.3 is 6.74 Å². The van der Waals surface area contributed by atoms with Gasteiger partial charge in [-0.15, -0.1) is 12.6 Å². The quantitative estimate of drug-likeness (QED) is 0.215. The summed E-state index contributed by atoms with van der Waals surface area (Å²) in [4.78, 5) is 0. The molecule has 0 amide bonds. The van der Waals surface area contributed by atoms with E-state index in [1.54, 1.807) is 7.05 Å². The fraction of sp³-hybridized carbons (Fsp3) is 0.500. The van der Waals surface area contributed by atoms with E-state index in [1.807, 2.05) is 0 Å². The van der Waals surface area contributed by atoms with Gasteiger partial charge in [-0.1, -0.05) is 12.2 Å². The Labute approximate surface area is 72.1 Å². The number of thiocarbonyl (C=S) groups is 1. The van der Waals surface area contributed by atoms with Crippen molar-refractivity contribution in [1.29, 1.82) is 0 Å². The van der Waals surface area contributed by atoms with E-state index in [0.29, 0.717) is 4.32 Å². The molecule has 0 bridgehead atoms. The number of hydrogen-bond donors (Lipinski definition) is 2. The zero-order valence-electron chi connectivity index (χ0n) is 4.86. The van der Waals surface area contributed by atoms with Gasteiger partial charge in [0.05, 0.1) is 0 Å². The van der Waals surface area contributed by atoms with Gasteiger partial charge in [0.15, 0.2) is 0 Å². The van der Waals surface area contributed by atoms with E-state index in [-0.39, 0.29) is 31.0 Å². The molecule has 0 radical (unpaired) electrons. The second kappa shape index (κ2) is 6.24. The fourth-order valence-corrected chi connectivity index (χ4v) is 0. The molecule has 0 aromatic rings. The van der Waals surface area contributed by atoms with Crippen LogP contribution in [0.25, 0.3) is 0 Å². The first-order chi connectivity index (χ1) is 2.27. The Bertz CT molecular complexity index is 51.0. The smallest absolute Gasteiger partial charge is 1.00 e. The molecule has 0 aliphatic carbocycles. The van der Waals surface area contributed by atoms with Crippen LogP contribution in [0.15, 0.2) is 0 Å². The van der Waals surface area contributed by atoms with Crippen LogP contribution in [-0.4, -0.2) is 11.4 Å². The third-order valence-electron chi connectivity index (χ3n) is 0.214. The Hall–Kier alpha value is 1.24. The Balaban J connectivity index is -0.0000000800. The number of thiol groups is 1. The first-order valence-electron chi connectivity index (χ1n) is 1.18. The number of hydrogen-bond acceptors (Lipinski definition) is 1. The third kappa shape index (κ3) is 8.97. The molecule has 0 aromatic carbocycles. The van der Waals surface area contributed by atoms with Gasteiger partial charge in [-0.3, -0.25) is 0 Å². The topological polar surface area (TPSA) is 12.0 Å². The molecule has 0 saturated carbocycles. The standard InChI is InChI=1S/C2H5NS2.Na.H/c1-3-2(4)5;;/h1H3,(H2,3,4,5);;/q;+1;-1. The summed E-state index contributed by atoms with van der Waals surface area (Å²) in [7, 11) is 1.73. The molecule has 0 atom stereocenters. The maximum absolute atomic E-state index is 4.45. The Morgan fingerprint density at radius 3 is 2.17 bits per heavy atom. The van der Waals surface area contributed by atoms with Crippen LogP contribution in [0.3, 0.4) is 0 Å². The zero-order valence-corrected chi connectivity index (χ0v) is 7.57. The second-order valence-corrected chi connectivity index (χ2v) is 1.71. The van der Waals surface area contributed by atoms with Gasteiger partial charge in [0.2, 0.25) is 0 Å². The van der Waals surface area contributed by atoms with Crippen LogP contribution in [0.4, 0.5) is 0 Å². The van der Waals surface area contributed by atoms with E-state index in [2.05, 4.69) is 30.2 Å². The molecule has 0 heterocycles. The minimum atomic E-state index is 0. The zero-order chi connectivity index (χ0) is 4.28. The Morgan fingerprint density at radius 2 is 2.17 bits per heavy atom. The first-order valence-corrected chi connectivity index (χ1v) is 2.03. The van der Waals surface area contributed by atoms with Crippen molar-refractivity contribution in [2.75, 3.05) is 7.05 Å². The van der Waals surface area contributed by atoms with Crippen molar-refractivity contribution >= 4 is 29.2 Å². The van der Waals surface area contributed by atoms with E-state index < -0.39 is 0 Å². The summed E-state index contributed by atoms with van der Waals surface area (Å²) in [6.07, 6.45) is 0. The van der Waals surface area contributed by atoms with Crippen LogP contribution in [-0.2, 0) is 0 Å². The van der Waals surface area contributed by atoms with Crippen molar-refractivity contribution in [3.8, 4) is 0 Å². The largest absolute Gasteiger partial charge is 1.00 e. The minimum absolute atomic E-state index is 0. The van der Waals surface area contributed by atoms with Crippen LogP contribution in [0, 0.1) is 0 Å². The predicted molar refractivity (Wildman–Crippen MR) is 31.8 cm³/mol. The predicted octanol–water partition coefficient (Wildman–Crippen LogP) is -2.46. The van der Waals surface area contributed by atoms with E-state index in [1.165, 1.54) is 0 Å². The summed E-state index contributed by atoms with van der Waals surface area (Å²) in [6.45, 7) is 0. The van der Waals surface area contributed by atoms with E-state index >= 15 is 0 Å². The Morgan fingerprint density at radius 1 is 2.00 bits per heavy atom. The molecule has 32 valence electrons. The first kappa shape index (κ1) is 10.3. The molecule has 1 nitrogen and oxygen atoms in total. The summed E-state index contributed by atoms with van der Waals surface area (Å²) in [5.41, 5.74) is 0. The Kier molecular flexibility index (Phi) is 10.7. The van der Waals surface area contributed by atoms with Crippen molar-refractivity contribution < 1.29 is 31.0 Å². The van der Waals surface area contributed by atoms with Gasteiger partial charge in [0.25, 0.3) is 0 Å². The fourth-order valence-electron chi connectivity index (χ4n) is 0. The van der Waals surface area contributed by atoms with Crippen LogP contribution in [0.1, 0.15) is 1.43 Å². The maximum atomic E-state index is 4.45. The van der Waals surface area contributed by atoms with Gasteiger partial charge in [0.1, 0.15) is 4.32 Å². The van der Waals surface area contributed by atoms with Crippen molar-refractivity contribution in [2.45, 2.75) is 0 Å². The van der Waals surface area contributed by atoms with Gasteiger partial charge in [-0.2, -0.15) is 0 Å². The van der Waals surface area contributed by atoms with Gasteiger partial charge >= 0.3 is 29.6 Å². The molecule has 1 N–H and O–H groups in total. The normalized spacial score (nSPS) is 5.67. The SMILES string of the molecule is CNC(=S)S.[H-].[Na+]. The molecular formula is C2H6NNaS2. The molecule has 0 aliphatic rings. The molecular weight excluding hydrogens is 125 g/mol. The van der Waals surface area contributed by atoms with Crippen molar-refractivity contribution in [3.63, 3.8) is 0 Å². The van der Waals surface area contributed by atoms with Crippen LogP contribution in [0.5, 0.6) is 0 Å². The number of rotatable bonds is 0. The summed E-state index contributed by atoms with van der Waals surface area (Å²) in [5.74, 6) is 0. The molecule has 0 spiro atoms. The maximum Gasteiger partial charge on any atom is 1.00 e. The number of nitrogens with one attached hydrogen (secondary N) is 1. The van der Waals surface area contributed by atoms with Crippen molar-refractivity contribution in [2.24, 2.45) is 0 Å². The van der Waals surface area contributed by atoms with E-state index in [4.69, 9.17) is 0 Å². The minimum Gasteiger partial charge on any atom is -1.00 e. The van der Waals surface area contributed by atoms with Gasteiger partial charge in [-0.05, 0) is 0 Å². The molecule has 6 heavy (non-hydrogen) atoms. The average Bonchev–Trinajstić information content (AvgIpc) is 1.38. The van der Waals surface area contributed by atoms with E-state index in [9.17, 15) is 0 Å². The molecule has 0 aliphatic heterocycles. The summed E-state index contributed by atoms with van der Waals surface area (Å²) < 4.78 is 0.532. The second-order valence-electron chi connectivity index (χ2n) is 0.555. The van der Waals surface area contributed by atoms with Crippen LogP contribution in [0.2, 0.25) is 0 Å².